The first kappa shape index (κ1) is 65.8. The van der Waals surface area contributed by atoms with Crippen molar-refractivity contribution in [1.29, 1.82) is 0 Å². The molecule has 0 rings (SSSR count). The molecule has 0 N–H and O–H groups in total. The molecule has 0 aliphatic rings. The van der Waals surface area contributed by atoms with Crippen molar-refractivity contribution in [2.75, 3.05) is 13.2 Å². The van der Waals surface area contributed by atoms with Crippen molar-refractivity contribution in [2.45, 2.75) is 297 Å². The molecule has 0 aromatic carbocycles. The van der Waals surface area contributed by atoms with Crippen molar-refractivity contribution in [3.8, 4) is 0 Å². The van der Waals surface area contributed by atoms with Crippen molar-refractivity contribution in [3.05, 3.63) is 72.9 Å². The summed E-state index contributed by atoms with van der Waals surface area (Å²) in [4.78, 5) is 38.2. The maximum atomic E-state index is 12.9. The molecule has 0 spiro atoms. The minimum atomic E-state index is -0.803. The Morgan fingerprint density at radius 1 is 0.304 bits per heavy atom. The number of carbonyl (C=O) groups is 3. The van der Waals surface area contributed by atoms with Crippen LogP contribution >= 0.6 is 0 Å². The molecule has 0 aliphatic heterocycles. The summed E-state index contributed by atoms with van der Waals surface area (Å²) >= 11 is 0. The van der Waals surface area contributed by atoms with E-state index in [4.69, 9.17) is 14.2 Å². The molecule has 69 heavy (non-hydrogen) atoms. The van der Waals surface area contributed by atoms with E-state index >= 15 is 0 Å². The summed E-state index contributed by atoms with van der Waals surface area (Å²) in [7, 11) is 0. The van der Waals surface area contributed by atoms with Crippen LogP contribution < -0.4 is 0 Å². The Morgan fingerprint density at radius 2 is 0.565 bits per heavy atom. The van der Waals surface area contributed by atoms with Crippen LogP contribution in [0.25, 0.3) is 0 Å². The zero-order chi connectivity index (χ0) is 50.0. The predicted molar refractivity (Wildman–Crippen MR) is 298 cm³/mol. The molecule has 1 atom stereocenters. The Balaban J connectivity index is 4.46. The lowest BCUT2D eigenvalue weighted by atomic mass is 10.0. The van der Waals surface area contributed by atoms with Gasteiger partial charge in [-0.25, -0.2) is 0 Å². The first-order valence-corrected chi connectivity index (χ1v) is 29.4. The number of unbranched alkanes of at least 4 members (excludes halogenated alkanes) is 30. The van der Waals surface area contributed by atoms with E-state index in [2.05, 4.69) is 87.6 Å². The van der Waals surface area contributed by atoms with Crippen LogP contribution in [0, 0.1) is 0 Å². The maximum absolute atomic E-state index is 12.9. The van der Waals surface area contributed by atoms with E-state index in [0.717, 1.165) is 77.0 Å². The zero-order valence-corrected chi connectivity index (χ0v) is 45.6. The molecule has 0 unspecified atom stereocenters. The molecule has 0 saturated carbocycles. The third-order valence-electron chi connectivity index (χ3n) is 12.7. The summed E-state index contributed by atoms with van der Waals surface area (Å²) in [5.41, 5.74) is 0. The summed E-state index contributed by atoms with van der Waals surface area (Å²) in [5, 5.41) is 0. The Labute approximate surface area is 427 Å². The van der Waals surface area contributed by atoms with Gasteiger partial charge in [0.25, 0.3) is 0 Å². The maximum Gasteiger partial charge on any atom is 0.306 e. The van der Waals surface area contributed by atoms with E-state index in [-0.39, 0.29) is 37.5 Å². The summed E-state index contributed by atoms with van der Waals surface area (Å²) in [6.07, 6.45) is 73.3. The molecule has 0 heterocycles. The van der Waals surface area contributed by atoms with Gasteiger partial charge in [0.15, 0.2) is 6.10 Å². The fourth-order valence-electron chi connectivity index (χ4n) is 8.35. The monoisotopic (exact) mass is 963 g/mol. The van der Waals surface area contributed by atoms with Gasteiger partial charge in [0.2, 0.25) is 0 Å². The molecular weight excluding hydrogens is 853 g/mol. The molecule has 398 valence electrons. The zero-order valence-electron chi connectivity index (χ0n) is 45.6. The van der Waals surface area contributed by atoms with Gasteiger partial charge in [0.05, 0.1) is 0 Å². The third kappa shape index (κ3) is 55.6. The van der Waals surface area contributed by atoms with Crippen molar-refractivity contribution in [2.24, 2.45) is 0 Å². The molecule has 0 bridgehead atoms. The number of allylic oxidation sites excluding steroid dienone is 12. The minimum absolute atomic E-state index is 0.0945. The Kier molecular flexibility index (Phi) is 54.8. The Morgan fingerprint density at radius 3 is 0.884 bits per heavy atom. The van der Waals surface area contributed by atoms with E-state index in [1.165, 1.54) is 167 Å². The van der Waals surface area contributed by atoms with Crippen LogP contribution in [0.3, 0.4) is 0 Å². The molecule has 0 fully saturated rings. The molecule has 0 saturated heterocycles. The van der Waals surface area contributed by atoms with Crippen molar-refractivity contribution in [1.82, 2.24) is 0 Å². The Hall–Kier alpha value is -3.15. The van der Waals surface area contributed by atoms with E-state index in [1.54, 1.807) is 0 Å². The van der Waals surface area contributed by atoms with E-state index in [0.29, 0.717) is 19.3 Å². The minimum Gasteiger partial charge on any atom is -0.462 e. The first-order chi connectivity index (χ1) is 34.0. The van der Waals surface area contributed by atoms with Gasteiger partial charge in [-0.05, 0) is 57.8 Å². The molecule has 6 nitrogen and oxygen atoms in total. The van der Waals surface area contributed by atoms with Gasteiger partial charge >= 0.3 is 17.9 Å². The first-order valence-electron chi connectivity index (χ1n) is 29.4. The lowest BCUT2D eigenvalue weighted by Gasteiger charge is -2.18. The highest BCUT2D eigenvalue weighted by Gasteiger charge is 2.19. The summed E-state index contributed by atoms with van der Waals surface area (Å²) in [6.45, 7) is 6.50. The van der Waals surface area contributed by atoms with Gasteiger partial charge in [-0.3, -0.25) is 14.4 Å². The lowest BCUT2D eigenvalue weighted by molar-refractivity contribution is -0.166. The number of rotatable bonds is 53. The fourth-order valence-corrected chi connectivity index (χ4v) is 8.35. The second-order valence-electron chi connectivity index (χ2n) is 19.5. The molecule has 0 aromatic heterocycles. The highest BCUT2D eigenvalue weighted by Crippen LogP contribution is 2.17. The largest absolute Gasteiger partial charge is 0.462 e. The normalized spacial score (nSPS) is 12.6. The second-order valence-corrected chi connectivity index (χ2v) is 19.5. The topological polar surface area (TPSA) is 78.9 Å². The van der Waals surface area contributed by atoms with Crippen LogP contribution in [0.5, 0.6) is 0 Å². The highest BCUT2D eigenvalue weighted by molar-refractivity contribution is 5.71. The quantitative estimate of drug-likeness (QED) is 0.0262. The molecule has 0 radical (unpaired) electrons. The highest BCUT2D eigenvalue weighted by atomic mass is 16.6. The van der Waals surface area contributed by atoms with E-state index in [9.17, 15) is 14.4 Å². The average Bonchev–Trinajstić information content (AvgIpc) is 3.35. The molecule has 6 heteroatoms. The van der Waals surface area contributed by atoms with Crippen LogP contribution in [0.2, 0.25) is 0 Å². The van der Waals surface area contributed by atoms with Gasteiger partial charge in [-0.15, -0.1) is 0 Å². The van der Waals surface area contributed by atoms with Gasteiger partial charge in [0, 0.05) is 19.3 Å². The third-order valence-corrected chi connectivity index (χ3v) is 12.7. The van der Waals surface area contributed by atoms with E-state index < -0.39 is 6.10 Å². The fraction of sp³-hybridized carbons (Fsp3) is 0.762. The van der Waals surface area contributed by atoms with Crippen LogP contribution in [-0.4, -0.2) is 37.2 Å². The number of ether oxygens (including phenoxy) is 3. The van der Waals surface area contributed by atoms with Crippen molar-refractivity contribution < 1.29 is 28.6 Å². The van der Waals surface area contributed by atoms with E-state index in [1.807, 2.05) is 6.08 Å². The molecular formula is C63H110O6. The SMILES string of the molecule is CC/C=C\C/C=C\C/C=C\C/C=C\C/C=C\C/C=C\CCC(=O)OC[C@H](COC(=O)CCCCCCCCCCCCCCCCC)OC(=O)CCCCCCCCCCCCCCCCCCC. The summed E-state index contributed by atoms with van der Waals surface area (Å²) < 4.78 is 16.8. The summed E-state index contributed by atoms with van der Waals surface area (Å²) in [5.74, 6) is -0.968. The number of hydrogen-bond donors (Lipinski definition) is 0. The molecule has 0 amide bonds. The van der Waals surface area contributed by atoms with Gasteiger partial charge in [-0.1, -0.05) is 286 Å². The number of carbonyl (C=O) groups excluding carboxylic acids is 3. The lowest BCUT2D eigenvalue weighted by Crippen LogP contribution is -2.30. The predicted octanol–water partition coefficient (Wildman–Crippen LogP) is 19.8. The average molecular weight is 964 g/mol. The van der Waals surface area contributed by atoms with Crippen LogP contribution in [-0.2, 0) is 28.6 Å². The van der Waals surface area contributed by atoms with Crippen LogP contribution in [0.4, 0.5) is 0 Å². The Bertz CT molecular complexity index is 1290. The standard InChI is InChI=1S/C63H110O6/c1-4-7-10-13-16-19-22-25-28-30-31-33-35-38-41-44-47-50-53-56-62(65)68-59-60(58-67-61(64)55-52-49-46-43-40-37-34-27-24-21-18-15-12-9-6-3)69-63(66)57-54-51-48-45-42-39-36-32-29-26-23-20-17-14-11-8-5-2/h7,10,16,19,25,28,31,33,38,41,47,50,60H,4-6,8-9,11-15,17-18,20-24,26-27,29-30,32,34-37,39-40,42-46,48-49,51-59H2,1-3H3/b10-7-,19-16-,28-25-,33-31-,41-38-,50-47-/t60-/m0/s1. The van der Waals surface area contributed by atoms with Gasteiger partial charge in [-0.2, -0.15) is 0 Å². The van der Waals surface area contributed by atoms with Crippen LogP contribution in [0.15, 0.2) is 72.9 Å². The van der Waals surface area contributed by atoms with Gasteiger partial charge < -0.3 is 14.2 Å². The number of hydrogen-bond acceptors (Lipinski definition) is 6. The summed E-state index contributed by atoms with van der Waals surface area (Å²) in [6, 6.07) is 0. The molecule has 0 aromatic rings. The molecule has 0 aliphatic carbocycles. The van der Waals surface area contributed by atoms with Crippen LogP contribution in [0.1, 0.15) is 290 Å². The smallest absolute Gasteiger partial charge is 0.306 e. The van der Waals surface area contributed by atoms with Crippen molar-refractivity contribution in [3.63, 3.8) is 0 Å². The van der Waals surface area contributed by atoms with Crippen molar-refractivity contribution >= 4 is 17.9 Å². The van der Waals surface area contributed by atoms with Gasteiger partial charge in [0.1, 0.15) is 13.2 Å². The second kappa shape index (κ2) is 57.4. The number of esters is 3.